The fraction of sp³-hybridized carbons (Fsp3) is 1.00. The Morgan fingerprint density at radius 2 is 2.00 bits per heavy atom. The second kappa shape index (κ2) is 3.94. The van der Waals surface area contributed by atoms with Crippen LogP contribution in [0.15, 0.2) is 0 Å². The lowest BCUT2D eigenvalue weighted by Crippen LogP contribution is -2.29. The minimum atomic E-state index is -0.00454. The van der Waals surface area contributed by atoms with Crippen molar-refractivity contribution >= 4 is 0 Å². The summed E-state index contributed by atoms with van der Waals surface area (Å²) in [4.78, 5) is 0. The Bertz CT molecular complexity index is 91.3. The van der Waals surface area contributed by atoms with Gasteiger partial charge in [-0.25, -0.2) is 0 Å². The van der Waals surface area contributed by atoms with Crippen LogP contribution >= 0.6 is 0 Å². The van der Waals surface area contributed by atoms with Gasteiger partial charge < -0.3 is 10.8 Å². The van der Waals surface area contributed by atoms with E-state index in [1.807, 2.05) is 13.8 Å². The van der Waals surface area contributed by atoms with Crippen molar-refractivity contribution in [3.05, 3.63) is 0 Å². The third-order valence-corrected chi connectivity index (χ3v) is 1.77. The van der Waals surface area contributed by atoms with Crippen molar-refractivity contribution in [2.24, 2.45) is 11.1 Å². The molecule has 3 N–H and O–H groups in total. The lowest BCUT2D eigenvalue weighted by Gasteiger charge is -2.24. The molecule has 0 aliphatic rings. The largest absolute Gasteiger partial charge is 0.396 e. The summed E-state index contributed by atoms with van der Waals surface area (Å²) in [5.74, 6) is 0. The highest BCUT2D eigenvalue weighted by Crippen LogP contribution is 2.21. The van der Waals surface area contributed by atoms with Crippen LogP contribution in [0.4, 0.5) is 0 Å². The van der Waals surface area contributed by atoms with Crippen LogP contribution < -0.4 is 5.73 Å². The third-order valence-electron chi connectivity index (χ3n) is 1.77. The zero-order valence-electron chi connectivity index (χ0n) is 7.22. The summed E-state index contributed by atoms with van der Waals surface area (Å²) >= 11 is 0. The molecule has 0 spiro atoms. The van der Waals surface area contributed by atoms with Gasteiger partial charge in [0, 0.05) is 12.6 Å². The molecule has 0 heterocycles. The van der Waals surface area contributed by atoms with E-state index >= 15 is 0 Å². The van der Waals surface area contributed by atoms with E-state index < -0.39 is 0 Å². The van der Waals surface area contributed by atoms with Gasteiger partial charge in [0.05, 0.1) is 0 Å². The molecule has 0 aliphatic carbocycles. The van der Waals surface area contributed by atoms with Gasteiger partial charge in [0.2, 0.25) is 0 Å². The van der Waals surface area contributed by atoms with Crippen molar-refractivity contribution < 1.29 is 5.11 Å². The second-order valence-corrected chi connectivity index (χ2v) is 3.69. The van der Waals surface area contributed by atoms with Crippen LogP contribution in [0.5, 0.6) is 0 Å². The molecule has 0 saturated carbocycles. The molecule has 1 unspecified atom stereocenters. The summed E-state index contributed by atoms with van der Waals surface area (Å²) in [7, 11) is 0. The van der Waals surface area contributed by atoms with Crippen molar-refractivity contribution in [1.82, 2.24) is 0 Å². The lowest BCUT2D eigenvalue weighted by atomic mass is 9.86. The van der Waals surface area contributed by atoms with Gasteiger partial charge >= 0.3 is 0 Å². The number of rotatable bonds is 4. The van der Waals surface area contributed by atoms with Crippen LogP contribution in [0.2, 0.25) is 0 Å². The molecular formula is C8H19NO. The Morgan fingerprint density at radius 1 is 1.50 bits per heavy atom. The third kappa shape index (κ3) is 3.85. The second-order valence-electron chi connectivity index (χ2n) is 3.69. The average molecular weight is 145 g/mol. The first-order chi connectivity index (χ1) is 4.52. The molecule has 0 saturated heterocycles. The van der Waals surface area contributed by atoms with Gasteiger partial charge in [0.25, 0.3) is 0 Å². The number of nitrogens with two attached hydrogens (primary N) is 1. The van der Waals surface area contributed by atoms with Crippen LogP contribution in [0.1, 0.15) is 33.6 Å². The predicted octanol–water partition coefficient (Wildman–Crippen LogP) is 1.13. The Balaban J connectivity index is 3.64. The van der Waals surface area contributed by atoms with Gasteiger partial charge in [-0.05, 0) is 18.3 Å². The maximum Gasteiger partial charge on any atom is 0.0482 e. The molecule has 2 heteroatoms. The topological polar surface area (TPSA) is 46.2 Å². The summed E-state index contributed by atoms with van der Waals surface area (Å²) < 4.78 is 0. The minimum Gasteiger partial charge on any atom is -0.396 e. The van der Waals surface area contributed by atoms with E-state index in [1.165, 1.54) is 0 Å². The number of hydrogen-bond acceptors (Lipinski definition) is 2. The van der Waals surface area contributed by atoms with E-state index in [9.17, 15) is 0 Å². The van der Waals surface area contributed by atoms with Gasteiger partial charge in [0.1, 0.15) is 0 Å². The van der Waals surface area contributed by atoms with Crippen LogP contribution in [-0.4, -0.2) is 17.8 Å². The average Bonchev–Trinajstić information content (AvgIpc) is 1.87. The van der Waals surface area contributed by atoms with Crippen LogP contribution in [0.3, 0.4) is 0 Å². The predicted molar refractivity (Wildman–Crippen MR) is 43.8 cm³/mol. The van der Waals surface area contributed by atoms with Gasteiger partial charge in [-0.1, -0.05) is 20.8 Å². The normalized spacial score (nSPS) is 15.3. The maximum atomic E-state index is 8.88. The Labute approximate surface area is 63.4 Å². The molecule has 0 aliphatic heterocycles. The summed E-state index contributed by atoms with van der Waals surface area (Å²) in [5.41, 5.74) is 5.72. The Hall–Kier alpha value is -0.0800. The van der Waals surface area contributed by atoms with Gasteiger partial charge in [-0.15, -0.1) is 0 Å². The van der Waals surface area contributed by atoms with Gasteiger partial charge in [-0.2, -0.15) is 0 Å². The van der Waals surface area contributed by atoms with Crippen LogP contribution in [0.25, 0.3) is 0 Å². The van der Waals surface area contributed by atoms with E-state index in [-0.39, 0.29) is 18.1 Å². The van der Waals surface area contributed by atoms with Crippen molar-refractivity contribution in [2.45, 2.75) is 39.7 Å². The molecule has 62 valence electrons. The van der Waals surface area contributed by atoms with Crippen molar-refractivity contribution in [3.8, 4) is 0 Å². The van der Waals surface area contributed by atoms with E-state index in [0.29, 0.717) is 0 Å². The molecular weight excluding hydrogens is 126 g/mol. The smallest absolute Gasteiger partial charge is 0.0482 e. The van der Waals surface area contributed by atoms with E-state index in [4.69, 9.17) is 10.8 Å². The van der Waals surface area contributed by atoms with Crippen molar-refractivity contribution in [3.63, 3.8) is 0 Å². The van der Waals surface area contributed by atoms with Crippen LogP contribution in [0, 0.1) is 5.41 Å². The van der Waals surface area contributed by atoms with E-state index in [0.717, 1.165) is 12.8 Å². The quantitative estimate of drug-likeness (QED) is 0.623. The highest BCUT2D eigenvalue weighted by molar-refractivity contribution is 4.73. The maximum absolute atomic E-state index is 8.88. The van der Waals surface area contributed by atoms with Gasteiger partial charge in [0.15, 0.2) is 0 Å². The molecule has 0 bridgehead atoms. The first-order valence-electron chi connectivity index (χ1n) is 3.88. The Morgan fingerprint density at radius 3 is 2.30 bits per heavy atom. The van der Waals surface area contributed by atoms with Crippen molar-refractivity contribution in [1.29, 1.82) is 0 Å². The van der Waals surface area contributed by atoms with E-state index in [2.05, 4.69) is 6.92 Å². The van der Waals surface area contributed by atoms with E-state index in [1.54, 1.807) is 0 Å². The summed E-state index contributed by atoms with van der Waals surface area (Å²) in [6.45, 7) is 6.35. The fourth-order valence-electron chi connectivity index (χ4n) is 0.919. The molecule has 0 amide bonds. The molecule has 10 heavy (non-hydrogen) atoms. The molecule has 0 fully saturated rings. The van der Waals surface area contributed by atoms with Crippen molar-refractivity contribution in [2.75, 3.05) is 6.61 Å². The number of hydrogen-bond donors (Lipinski definition) is 2. The summed E-state index contributed by atoms with van der Waals surface area (Å²) in [6, 6.07) is 0.238. The fourth-order valence-corrected chi connectivity index (χ4v) is 0.919. The molecule has 0 aromatic heterocycles. The number of aliphatic hydroxyl groups is 1. The summed E-state index contributed by atoms with van der Waals surface area (Å²) in [5, 5.41) is 8.88. The zero-order chi connectivity index (χ0) is 8.20. The molecule has 0 aromatic rings. The highest BCUT2D eigenvalue weighted by Gasteiger charge is 2.18. The van der Waals surface area contributed by atoms with Crippen LogP contribution in [-0.2, 0) is 0 Å². The first kappa shape index (κ1) is 9.92. The Kier molecular flexibility index (Phi) is 3.91. The molecule has 0 aromatic carbocycles. The molecule has 1 atom stereocenters. The van der Waals surface area contributed by atoms with Gasteiger partial charge in [-0.3, -0.25) is 0 Å². The zero-order valence-corrected chi connectivity index (χ0v) is 7.22. The summed E-state index contributed by atoms with van der Waals surface area (Å²) in [6.07, 6.45) is 1.89. The minimum absolute atomic E-state index is 0.00454. The first-order valence-corrected chi connectivity index (χ1v) is 3.88. The molecule has 0 radical (unpaired) electrons. The molecule has 0 rings (SSSR count). The highest BCUT2D eigenvalue weighted by atomic mass is 16.3. The molecule has 2 nitrogen and oxygen atoms in total. The SMILES string of the molecule is CCC(N)CC(C)(C)CO. The standard InChI is InChI=1S/C8H19NO/c1-4-7(9)5-8(2,3)6-10/h7,10H,4-6,9H2,1-3H3. The number of aliphatic hydroxyl groups excluding tert-OH is 1. The lowest BCUT2D eigenvalue weighted by molar-refractivity contribution is 0.141. The monoisotopic (exact) mass is 145 g/mol.